The van der Waals surface area contributed by atoms with Crippen molar-refractivity contribution in [1.82, 2.24) is 0 Å². The molecule has 1 fully saturated rings. The number of para-hydroxylation sites is 2. The topological polar surface area (TPSA) is 37.3 Å². The molecule has 5 nitrogen and oxygen atoms in total. The number of hydrogen-bond acceptors (Lipinski definition) is 5. The van der Waals surface area contributed by atoms with E-state index < -0.39 is 6.42 Å². The molecule has 0 saturated carbocycles. The van der Waals surface area contributed by atoms with Crippen molar-refractivity contribution >= 4 is 35.8 Å². The van der Waals surface area contributed by atoms with Crippen LogP contribution in [0.1, 0.15) is 32.3 Å². The minimum absolute atomic E-state index is 0.107. The van der Waals surface area contributed by atoms with Crippen LogP contribution < -0.4 is 9.68 Å². The number of ether oxygens (including phenoxy) is 1. The van der Waals surface area contributed by atoms with Gasteiger partial charge in [0.05, 0.1) is 29.9 Å². The molecule has 2 aromatic carbocycles. The van der Waals surface area contributed by atoms with Crippen molar-refractivity contribution in [2.45, 2.75) is 38.2 Å². The number of hydrazone groups is 1. The highest BCUT2D eigenvalue weighted by molar-refractivity contribution is 8.15. The summed E-state index contributed by atoms with van der Waals surface area (Å²) in [6.45, 7) is 5.82. The quantitative estimate of drug-likeness (QED) is 0.561. The maximum Gasteiger partial charge on any atom is 0.209 e. The Hall–Kier alpha value is -1.98. The smallest absolute Gasteiger partial charge is 0.209 e. The van der Waals surface area contributed by atoms with Crippen molar-refractivity contribution in [1.29, 1.82) is 0 Å². The van der Waals surface area contributed by atoms with Gasteiger partial charge in [0.15, 0.2) is 0 Å². The van der Waals surface area contributed by atoms with Crippen molar-refractivity contribution in [3.8, 4) is 0 Å². The van der Waals surface area contributed by atoms with E-state index in [1.54, 1.807) is 0 Å². The Morgan fingerprint density at radius 2 is 1.90 bits per heavy atom. The Labute approximate surface area is 189 Å². The fourth-order valence-electron chi connectivity index (χ4n) is 4.87. The first-order valence-electron chi connectivity index (χ1n) is 10.8. The van der Waals surface area contributed by atoms with Gasteiger partial charge in [0.2, 0.25) is 6.42 Å². The normalized spacial score (nSPS) is 29.1. The van der Waals surface area contributed by atoms with E-state index in [1.165, 1.54) is 16.9 Å². The lowest BCUT2D eigenvalue weighted by Crippen LogP contribution is -2.26. The molecule has 0 N–H and O–H groups in total. The fourth-order valence-corrected chi connectivity index (χ4v) is 8.20. The van der Waals surface area contributed by atoms with Gasteiger partial charge in [-0.3, -0.25) is 0 Å². The zero-order valence-corrected chi connectivity index (χ0v) is 19.9. The first-order valence-corrected chi connectivity index (χ1v) is 13.4. The van der Waals surface area contributed by atoms with E-state index in [0.29, 0.717) is 6.61 Å². The van der Waals surface area contributed by atoms with E-state index in [-0.39, 0.29) is 11.5 Å². The molecule has 2 atom stereocenters. The van der Waals surface area contributed by atoms with Crippen LogP contribution >= 0.6 is 6.42 Å². The Morgan fingerprint density at radius 3 is 2.61 bits per heavy atom. The lowest BCUT2D eigenvalue weighted by atomic mass is 9.84. The van der Waals surface area contributed by atoms with Crippen LogP contribution in [0.4, 0.5) is 11.4 Å². The van der Waals surface area contributed by atoms with E-state index in [4.69, 9.17) is 26.2 Å². The van der Waals surface area contributed by atoms with Crippen LogP contribution in [-0.4, -0.2) is 32.6 Å². The number of fused-ring (bicyclic) bond motifs is 1. The van der Waals surface area contributed by atoms with Crippen molar-refractivity contribution in [2.75, 3.05) is 29.9 Å². The summed E-state index contributed by atoms with van der Waals surface area (Å²) < 4.78 is 14.4. The molecule has 2 unspecified atom stereocenters. The number of nitrogens with zero attached hydrogens (tertiary/aromatic N) is 3. The van der Waals surface area contributed by atoms with Gasteiger partial charge in [0.1, 0.15) is 0 Å². The van der Waals surface area contributed by atoms with E-state index in [0.717, 1.165) is 30.5 Å². The van der Waals surface area contributed by atoms with Crippen LogP contribution in [0.5, 0.6) is 0 Å². The molecule has 0 spiro atoms. The number of anilines is 2. The molecule has 0 aliphatic carbocycles. The van der Waals surface area contributed by atoms with Crippen molar-refractivity contribution in [3.63, 3.8) is 0 Å². The maximum atomic E-state index is 6.62. The minimum atomic E-state index is -2.66. The second-order valence-corrected chi connectivity index (χ2v) is 12.4. The summed E-state index contributed by atoms with van der Waals surface area (Å²) in [6, 6.07) is 18.7. The van der Waals surface area contributed by atoms with Crippen molar-refractivity contribution in [2.24, 2.45) is 5.10 Å². The van der Waals surface area contributed by atoms with Gasteiger partial charge in [-0.15, -0.1) is 0 Å². The summed E-state index contributed by atoms with van der Waals surface area (Å²) >= 11 is 6.38. The van der Waals surface area contributed by atoms with E-state index in [9.17, 15) is 0 Å². The standard InChI is InChI=1S/C24H28N3O2PS/c1-24(2)20-13-7-8-14-21(20)26(3)23(24)22-16-25-27(18-10-5-4-6-11-18)30(22,31)29-17-19-12-9-15-28-19/h4-8,10-11,13-14,16,19H,9,12,15,17H2,1-3H3/b23-22+. The summed E-state index contributed by atoms with van der Waals surface area (Å²) in [5.41, 5.74) is 4.44. The average Bonchev–Trinajstić information content (AvgIpc) is 3.45. The van der Waals surface area contributed by atoms with Gasteiger partial charge in [0.25, 0.3) is 0 Å². The Kier molecular flexibility index (Phi) is 5.30. The van der Waals surface area contributed by atoms with E-state index in [1.807, 2.05) is 41.3 Å². The first-order chi connectivity index (χ1) is 14.9. The van der Waals surface area contributed by atoms with Gasteiger partial charge in [-0.1, -0.05) is 50.2 Å². The summed E-state index contributed by atoms with van der Waals surface area (Å²) in [4.78, 5) is 2.27. The second-order valence-electron chi connectivity index (χ2n) is 8.76. The number of likely N-dealkylation sites (N-methyl/N-ethyl adjacent to an activating group) is 1. The average molecular weight is 454 g/mol. The number of allylic oxidation sites excluding steroid dienone is 2. The maximum absolute atomic E-state index is 6.62. The van der Waals surface area contributed by atoms with Crippen LogP contribution in [0.25, 0.3) is 0 Å². The second kappa shape index (κ2) is 7.86. The predicted octanol–water partition coefficient (Wildman–Crippen LogP) is 5.64. The fraction of sp³-hybridized carbons (Fsp3) is 0.375. The van der Waals surface area contributed by atoms with Gasteiger partial charge in [-0.2, -0.15) is 5.10 Å². The molecule has 3 aliphatic rings. The molecule has 0 aromatic heterocycles. The highest BCUT2D eigenvalue weighted by Gasteiger charge is 2.47. The van der Waals surface area contributed by atoms with Crippen LogP contribution in [-0.2, 0) is 26.5 Å². The molecule has 162 valence electrons. The highest BCUT2D eigenvalue weighted by atomic mass is 32.4. The lowest BCUT2D eigenvalue weighted by Gasteiger charge is -2.33. The first kappa shape index (κ1) is 20.9. The molecular formula is C24H28N3O2PS. The summed E-state index contributed by atoms with van der Waals surface area (Å²) in [5.74, 6) is 0. The van der Waals surface area contributed by atoms with E-state index >= 15 is 0 Å². The number of rotatable bonds is 4. The van der Waals surface area contributed by atoms with Crippen molar-refractivity contribution in [3.05, 3.63) is 71.2 Å². The van der Waals surface area contributed by atoms with Crippen LogP contribution in [0.15, 0.2) is 70.7 Å². The van der Waals surface area contributed by atoms with E-state index in [2.05, 4.69) is 50.1 Å². The van der Waals surface area contributed by atoms with Gasteiger partial charge >= 0.3 is 0 Å². The van der Waals surface area contributed by atoms with Gasteiger partial charge in [-0.25, -0.2) is 4.78 Å². The highest BCUT2D eigenvalue weighted by Crippen LogP contribution is 2.66. The molecule has 31 heavy (non-hydrogen) atoms. The summed E-state index contributed by atoms with van der Waals surface area (Å²) in [5, 5.41) is 5.82. The third-order valence-corrected chi connectivity index (χ3v) is 10.0. The monoisotopic (exact) mass is 453 g/mol. The van der Waals surface area contributed by atoms with Crippen LogP contribution in [0.2, 0.25) is 0 Å². The van der Waals surface area contributed by atoms with Crippen LogP contribution in [0.3, 0.4) is 0 Å². The number of hydrogen-bond donors (Lipinski definition) is 0. The molecule has 5 rings (SSSR count). The SMILES string of the molecule is CN1/C(=C2\C=NN(c3ccccc3)P2(=S)OCC2CCCO2)C(C)(C)c2ccccc21. The third kappa shape index (κ3) is 3.37. The lowest BCUT2D eigenvalue weighted by molar-refractivity contribution is 0.0722. The van der Waals surface area contributed by atoms with Gasteiger partial charge in [-0.05, 0) is 48.4 Å². The largest absolute Gasteiger partial charge is 0.376 e. The van der Waals surface area contributed by atoms with Crippen molar-refractivity contribution < 1.29 is 9.26 Å². The predicted molar refractivity (Wildman–Crippen MR) is 132 cm³/mol. The summed E-state index contributed by atoms with van der Waals surface area (Å²) in [6.07, 6.45) is 1.48. The minimum Gasteiger partial charge on any atom is -0.376 e. The van der Waals surface area contributed by atoms with Crippen LogP contribution in [0, 0.1) is 0 Å². The summed E-state index contributed by atoms with van der Waals surface area (Å²) in [7, 11) is 2.12. The Balaban J connectivity index is 1.62. The molecule has 0 radical (unpaired) electrons. The molecule has 3 heterocycles. The van der Waals surface area contributed by atoms with Gasteiger partial charge < -0.3 is 14.2 Å². The Bertz CT molecular complexity index is 1090. The zero-order valence-electron chi connectivity index (χ0n) is 18.2. The van der Waals surface area contributed by atoms with Gasteiger partial charge in [0, 0.05) is 30.5 Å². The Morgan fingerprint density at radius 1 is 1.16 bits per heavy atom. The molecule has 7 heteroatoms. The zero-order chi connectivity index (χ0) is 21.6. The number of benzene rings is 2. The third-order valence-electron chi connectivity index (χ3n) is 6.40. The molecule has 2 aromatic rings. The molecule has 3 aliphatic heterocycles. The molecule has 1 saturated heterocycles. The molecule has 0 amide bonds. The molecule has 0 bridgehead atoms. The molecular weight excluding hydrogens is 425 g/mol.